The molecule has 0 aliphatic carbocycles. The van der Waals surface area contributed by atoms with Gasteiger partial charge in [0.15, 0.2) is 12.9 Å². The molecule has 1 aromatic rings. The van der Waals surface area contributed by atoms with E-state index in [0.29, 0.717) is 6.54 Å². The predicted molar refractivity (Wildman–Crippen MR) is 35.0 cm³/mol. The summed E-state index contributed by atoms with van der Waals surface area (Å²) in [6.45, 7) is 0.500. The molecule has 0 fully saturated rings. The number of imidazole rings is 1. The van der Waals surface area contributed by atoms with Crippen molar-refractivity contribution in [3.8, 4) is 0 Å². The first-order valence-corrected chi connectivity index (χ1v) is 3.04. The van der Waals surface area contributed by atoms with Crippen LogP contribution in [-0.4, -0.2) is 33.9 Å². The van der Waals surface area contributed by atoms with Crippen LogP contribution in [0.1, 0.15) is 5.69 Å². The average Bonchev–Trinajstić information content (AvgIpc) is 2.12. The number of hydrogen-bond acceptors (Lipinski definition) is 2. The van der Waals surface area contributed by atoms with Gasteiger partial charge in [-0.2, -0.15) is 4.65 Å². The molecule has 0 aromatic carbocycles. The van der Waals surface area contributed by atoms with Crippen LogP contribution in [0.5, 0.6) is 0 Å². The summed E-state index contributed by atoms with van der Waals surface area (Å²) in [6, 6.07) is 0. The molecule has 2 N–H and O–H groups in total. The van der Waals surface area contributed by atoms with Gasteiger partial charge in [0.1, 0.15) is 5.69 Å². The molecule has 1 rings (SSSR count). The van der Waals surface area contributed by atoms with E-state index in [4.69, 9.17) is 0 Å². The fraction of sp³-hybridized carbons (Fsp3) is 0.500. The molecular formula is C6H11N3O+. The van der Waals surface area contributed by atoms with E-state index in [-0.39, 0.29) is 4.65 Å². The Kier molecular flexibility index (Phi) is 1.74. The molecule has 1 heterocycles. The van der Waals surface area contributed by atoms with E-state index < -0.39 is 0 Å². The van der Waals surface area contributed by atoms with E-state index in [1.54, 1.807) is 20.3 Å². The third-order valence-corrected chi connectivity index (χ3v) is 1.05. The Morgan fingerprint density at radius 2 is 2.50 bits per heavy atom. The Morgan fingerprint density at radius 1 is 1.80 bits per heavy atom. The highest BCUT2D eigenvalue weighted by molar-refractivity contribution is 4.90. The van der Waals surface area contributed by atoms with Crippen molar-refractivity contribution in [2.45, 2.75) is 6.54 Å². The largest absolute Gasteiger partial charge is 0.342 e. The van der Waals surface area contributed by atoms with Gasteiger partial charge < -0.3 is 4.98 Å². The van der Waals surface area contributed by atoms with Crippen molar-refractivity contribution in [2.75, 3.05) is 14.1 Å². The number of H-pyrrole nitrogens is 1. The highest BCUT2D eigenvalue weighted by Crippen LogP contribution is 1.99. The Labute approximate surface area is 59.7 Å². The van der Waals surface area contributed by atoms with Crippen molar-refractivity contribution >= 4 is 0 Å². The summed E-state index contributed by atoms with van der Waals surface area (Å²) in [4.78, 5) is 6.54. The van der Waals surface area contributed by atoms with Crippen molar-refractivity contribution in [2.24, 2.45) is 0 Å². The van der Waals surface area contributed by atoms with Crippen LogP contribution in [0.25, 0.3) is 0 Å². The summed E-state index contributed by atoms with van der Waals surface area (Å²) < 4.78 is -0.0985. The van der Waals surface area contributed by atoms with Gasteiger partial charge in [-0.25, -0.2) is 10.2 Å². The predicted octanol–water partition coefficient (Wildman–Crippen LogP) is 0.175. The van der Waals surface area contributed by atoms with Crippen molar-refractivity contribution in [3.05, 3.63) is 18.2 Å². The zero-order valence-corrected chi connectivity index (χ0v) is 6.13. The lowest BCUT2D eigenvalue weighted by Gasteiger charge is -2.17. The van der Waals surface area contributed by atoms with Crippen molar-refractivity contribution in [1.29, 1.82) is 0 Å². The van der Waals surface area contributed by atoms with Gasteiger partial charge in [-0.05, 0) is 0 Å². The number of nitrogens with zero attached hydrogens (tertiary/aromatic N) is 2. The second-order valence-electron chi connectivity index (χ2n) is 2.78. The zero-order chi connectivity index (χ0) is 7.61. The molecule has 0 aliphatic heterocycles. The van der Waals surface area contributed by atoms with Gasteiger partial charge in [-0.3, -0.25) is 0 Å². The van der Waals surface area contributed by atoms with Crippen LogP contribution in [0.3, 0.4) is 0 Å². The van der Waals surface area contributed by atoms with Crippen LogP contribution in [0.15, 0.2) is 6.20 Å². The second kappa shape index (κ2) is 2.40. The normalized spacial score (nSPS) is 11.9. The molecule has 4 nitrogen and oxygen atoms in total. The summed E-state index contributed by atoms with van der Waals surface area (Å²) >= 11 is 0. The summed E-state index contributed by atoms with van der Waals surface area (Å²) in [7, 11) is 3.38. The fourth-order valence-corrected chi connectivity index (χ4v) is 0.729. The van der Waals surface area contributed by atoms with E-state index >= 15 is 0 Å². The Hall–Kier alpha value is -0.870. The maximum Gasteiger partial charge on any atom is 0.174 e. The Balaban J connectivity index is 2.57. The first-order valence-electron chi connectivity index (χ1n) is 3.04. The molecule has 0 spiro atoms. The van der Waals surface area contributed by atoms with Gasteiger partial charge in [0.25, 0.3) is 0 Å². The van der Waals surface area contributed by atoms with Crippen LogP contribution < -0.4 is 0 Å². The van der Waals surface area contributed by atoms with E-state index in [1.807, 2.05) is 0 Å². The smallest absolute Gasteiger partial charge is 0.174 e. The SMILES string of the molecule is C[N+](C)(O)Cc1c[nH][c]n1. The van der Waals surface area contributed by atoms with Crippen LogP contribution in [0.2, 0.25) is 0 Å². The van der Waals surface area contributed by atoms with Crippen molar-refractivity contribution in [1.82, 2.24) is 9.97 Å². The van der Waals surface area contributed by atoms with Crippen LogP contribution >= 0.6 is 0 Å². The Morgan fingerprint density at radius 3 is 2.90 bits per heavy atom. The maximum absolute atomic E-state index is 9.26. The van der Waals surface area contributed by atoms with E-state index in [0.717, 1.165) is 5.69 Å². The molecule has 0 bridgehead atoms. The average molecular weight is 141 g/mol. The molecule has 1 radical (unpaired) electrons. The highest BCUT2D eigenvalue weighted by atomic mass is 16.5. The third kappa shape index (κ3) is 2.16. The highest BCUT2D eigenvalue weighted by Gasteiger charge is 2.12. The first kappa shape index (κ1) is 7.24. The van der Waals surface area contributed by atoms with Crippen LogP contribution in [-0.2, 0) is 6.54 Å². The summed E-state index contributed by atoms with van der Waals surface area (Å²) in [5.74, 6) is 0. The molecule has 0 atom stereocenters. The number of hydrogen-bond donors (Lipinski definition) is 2. The molecule has 10 heavy (non-hydrogen) atoms. The number of aromatic amines is 1. The second-order valence-corrected chi connectivity index (χ2v) is 2.78. The monoisotopic (exact) mass is 141 g/mol. The quantitative estimate of drug-likeness (QED) is 0.456. The first-order chi connectivity index (χ1) is 4.58. The van der Waals surface area contributed by atoms with Gasteiger partial charge in [0.2, 0.25) is 0 Å². The summed E-state index contributed by atoms with van der Waals surface area (Å²) in [5, 5.41) is 9.26. The van der Waals surface area contributed by atoms with Gasteiger partial charge >= 0.3 is 0 Å². The van der Waals surface area contributed by atoms with Crippen molar-refractivity contribution < 1.29 is 9.85 Å². The number of nitrogens with one attached hydrogen (secondary N) is 1. The van der Waals surface area contributed by atoms with Crippen LogP contribution in [0, 0.1) is 6.33 Å². The molecule has 0 amide bonds. The van der Waals surface area contributed by atoms with Gasteiger partial charge in [0, 0.05) is 6.20 Å². The topological polar surface area (TPSA) is 48.9 Å². The Bertz CT molecular complexity index is 187. The molecule has 1 aromatic heterocycles. The minimum absolute atomic E-state index is 0.0985. The zero-order valence-electron chi connectivity index (χ0n) is 6.13. The van der Waals surface area contributed by atoms with E-state index in [1.165, 1.54) is 0 Å². The summed E-state index contributed by atoms with van der Waals surface area (Å²) in [6.07, 6.45) is 4.27. The molecule has 4 heteroatoms. The lowest BCUT2D eigenvalue weighted by Crippen LogP contribution is -2.34. The lowest BCUT2D eigenvalue weighted by molar-refractivity contribution is -1.08. The van der Waals surface area contributed by atoms with Gasteiger partial charge in [0.05, 0.1) is 14.1 Å². The molecule has 0 unspecified atom stereocenters. The third-order valence-electron chi connectivity index (χ3n) is 1.05. The number of hydroxylamine groups is 3. The molecule has 0 saturated heterocycles. The molecular weight excluding hydrogens is 130 g/mol. The van der Waals surface area contributed by atoms with Crippen LogP contribution in [0.4, 0.5) is 0 Å². The number of quaternary nitrogens is 1. The minimum Gasteiger partial charge on any atom is -0.342 e. The maximum atomic E-state index is 9.26. The van der Waals surface area contributed by atoms with Crippen molar-refractivity contribution in [3.63, 3.8) is 0 Å². The lowest BCUT2D eigenvalue weighted by atomic mass is 10.4. The number of rotatable bonds is 2. The minimum atomic E-state index is -0.0985. The molecule has 0 saturated carbocycles. The molecule has 55 valence electrons. The van der Waals surface area contributed by atoms with E-state index in [9.17, 15) is 5.21 Å². The molecule has 0 aliphatic rings. The van der Waals surface area contributed by atoms with Gasteiger partial charge in [-0.15, -0.1) is 0 Å². The fourth-order valence-electron chi connectivity index (χ4n) is 0.729. The van der Waals surface area contributed by atoms with E-state index in [2.05, 4.69) is 16.3 Å². The van der Waals surface area contributed by atoms with Gasteiger partial charge in [-0.1, -0.05) is 0 Å². The number of aromatic nitrogens is 2. The standard InChI is InChI=1S/C6H11N3O/c1-9(2,10)4-6-3-7-5-8-6/h3,10H,4H2,1-2H3,(H,7,8)/q+1. The summed E-state index contributed by atoms with van der Waals surface area (Å²) in [5.41, 5.74) is 0.813.